The number of carbonyl (C=O) groups excluding carboxylic acids is 1. The smallest absolute Gasteiger partial charge is 0.226 e. The second-order valence-electron chi connectivity index (χ2n) is 9.17. The number of methoxy groups -OCH3 is 1. The van der Waals surface area contributed by atoms with Crippen LogP contribution in [-0.4, -0.2) is 44.1 Å². The molecule has 0 unspecified atom stereocenters. The number of rotatable bonds is 8. The Kier molecular flexibility index (Phi) is 7.37. The molecule has 2 N–H and O–H groups in total. The van der Waals surface area contributed by atoms with E-state index in [0.717, 1.165) is 28.5 Å². The Morgan fingerprint density at radius 3 is 2.50 bits per heavy atom. The molecule has 4 aromatic rings. The predicted octanol–water partition coefficient (Wildman–Crippen LogP) is 4.89. The van der Waals surface area contributed by atoms with E-state index in [9.17, 15) is 4.79 Å². The molecule has 38 heavy (non-hydrogen) atoms. The van der Waals surface area contributed by atoms with Crippen LogP contribution in [-0.2, 0) is 4.79 Å². The van der Waals surface area contributed by atoms with E-state index in [4.69, 9.17) is 17.0 Å². The van der Waals surface area contributed by atoms with Gasteiger partial charge in [-0.15, -0.1) is 0 Å². The second-order valence-corrected chi connectivity index (χ2v) is 9.55. The number of nitrogens with zero attached hydrogens (tertiary/aromatic N) is 4. The first-order valence-corrected chi connectivity index (χ1v) is 12.9. The molecule has 0 saturated carbocycles. The molecule has 1 aliphatic rings. The number of ether oxygens (including phenoxy) is 1. The van der Waals surface area contributed by atoms with Gasteiger partial charge in [0.2, 0.25) is 5.91 Å². The zero-order valence-electron chi connectivity index (χ0n) is 21.6. The van der Waals surface area contributed by atoms with Crippen LogP contribution in [0, 0.1) is 13.8 Å². The number of pyridine rings is 2. The summed E-state index contributed by atoms with van der Waals surface area (Å²) in [6.07, 6.45) is 3.84. The number of benzene rings is 1. The molecule has 5 rings (SSSR count). The third-order valence-electron chi connectivity index (χ3n) is 6.83. The predicted molar refractivity (Wildman–Crippen MR) is 151 cm³/mol. The van der Waals surface area contributed by atoms with Crippen molar-refractivity contribution in [3.8, 4) is 11.6 Å². The van der Waals surface area contributed by atoms with Crippen LogP contribution in [0.15, 0.2) is 79.1 Å². The van der Waals surface area contributed by atoms with E-state index in [2.05, 4.69) is 50.0 Å². The van der Waals surface area contributed by atoms with Crippen LogP contribution in [0.4, 0.5) is 5.69 Å². The molecule has 3 aromatic heterocycles. The minimum absolute atomic E-state index is 0.115. The quantitative estimate of drug-likeness (QED) is 0.316. The van der Waals surface area contributed by atoms with E-state index >= 15 is 0 Å². The Morgan fingerprint density at radius 1 is 1.05 bits per heavy atom. The summed E-state index contributed by atoms with van der Waals surface area (Å²) in [4.78, 5) is 24.3. The highest BCUT2D eigenvalue weighted by Gasteiger charge is 2.41. The van der Waals surface area contributed by atoms with Crippen molar-refractivity contribution in [2.75, 3.05) is 19.0 Å². The number of hydrogen-bond donors (Lipinski definition) is 2. The van der Waals surface area contributed by atoms with Gasteiger partial charge in [-0.1, -0.05) is 24.3 Å². The third-order valence-corrected chi connectivity index (χ3v) is 7.18. The molecule has 0 bridgehead atoms. The maximum Gasteiger partial charge on any atom is 0.226 e. The van der Waals surface area contributed by atoms with Gasteiger partial charge in [-0.25, -0.2) is 4.98 Å². The number of hydrogen-bond acceptors (Lipinski definition) is 5. The fourth-order valence-corrected chi connectivity index (χ4v) is 5.42. The van der Waals surface area contributed by atoms with Gasteiger partial charge in [0.1, 0.15) is 11.6 Å². The van der Waals surface area contributed by atoms with Crippen molar-refractivity contribution >= 4 is 28.9 Å². The minimum Gasteiger partial charge on any atom is -0.495 e. The summed E-state index contributed by atoms with van der Waals surface area (Å²) in [7, 11) is 1.59. The standard InChI is InChI=1S/C29H30N6O2S/c1-19-18-21(20(2)35(19)25-13-7-9-16-31-25)28-27(23-11-6-8-15-30-23)33-29(38)34(28)17-14-26(36)32-22-10-4-5-12-24(22)37-3/h4-13,15-16,18,27-28H,14,17H2,1-3H3,(H,32,36)(H,33,38)/t27-,28-/m0/s1. The van der Waals surface area contributed by atoms with Gasteiger partial charge in [-0.2, -0.15) is 0 Å². The van der Waals surface area contributed by atoms with Gasteiger partial charge < -0.3 is 24.8 Å². The lowest BCUT2D eigenvalue weighted by atomic mass is 9.96. The van der Waals surface area contributed by atoms with Crippen LogP contribution in [0.1, 0.15) is 41.1 Å². The number of para-hydroxylation sites is 2. The number of thiocarbonyl (C=S) groups is 1. The van der Waals surface area contributed by atoms with Crippen molar-refractivity contribution in [1.82, 2.24) is 24.8 Å². The fourth-order valence-electron chi connectivity index (χ4n) is 5.09. The Labute approximate surface area is 227 Å². The molecule has 1 aromatic carbocycles. The van der Waals surface area contributed by atoms with E-state index in [0.29, 0.717) is 23.1 Å². The summed E-state index contributed by atoms with van der Waals surface area (Å²) in [5.74, 6) is 1.37. The molecule has 0 radical (unpaired) electrons. The van der Waals surface area contributed by atoms with Crippen molar-refractivity contribution in [2.24, 2.45) is 0 Å². The normalized spacial score (nSPS) is 16.8. The summed E-state index contributed by atoms with van der Waals surface area (Å²) >= 11 is 5.81. The van der Waals surface area contributed by atoms with Crippen molar-refractivity contribution in [3.63, 3.8) is 0 Å². The Bertz CT molecular complexity index is 1440. The number of amides is 1. The van der Waals surface area contributed by atoms with Gasteiger partial charge in [-0.05, 0) is 74.1 Å². The van der Waals surface area contributed by atoms with Crippen LogP contribution in [0.3, 0.4) is 0 Å². The minimum atomic E-state index is -0.168. The van der Waals surface area contributed by atoms with Gasteiger partial charge >= 0.3 is 0 Å². The first kappa shape index (κ1) is 25.4. The van der Waals surface area contributed by atoms with Gasteiger partial charge in [0.05, 0.1) is 30.6 Å². The largest absolute Gasteiger partial charge is 0.495 e. The van der Waals surface area contributed by atoms with Gasteiger partial charge in [-0.3, -0.25) is 9.78 Å². The van der Waals surface area contributed by atoms with E-state index in [1.807, 2.05) is 60.7 Å². The molecule has 9 heteroatoms. The molecule has 194 valence electrons. The highest BCUT2D eigenvalue weighted by molar-refractivity contribution is 7.80. The number of anilines is 1. The first-order chi connectivity index (χ1) is 18.5. The lowest BCUT2D eigenvalue weighted by molar-refractivity contribution is -0.116. The molecule has 1 fully saturated rings. The molecule has 0 aliphatic carbocycles. The van der Waals surface area contributed by atoms with Crippen LogP contribution < -0.4 is 15.4 Å². The number of carbonyl (C=O) groups is 1. The van der Waals surface area contributed by atoms with Crippen molar-refractivity contribution < 1.29 is 9.53 Å². The summed E-state index contributed by atoms with van der Waals surface area (Å²) < 4.78 is 7.52. The van der Waals surface area contributed by atoms with Crippen molar-refractivity contribution in [3.05, 3.63) is 102 Å². The monoisotopic (exact) mass is 526 g/mol. The lowest BCUT2D eigenvalue weighted by Crippen LogP contribution is -2.33. The van der Waals surface area contributed by atoms with Crippen LogP contribution >= 0.6 is 12.2 Å². The van der Waals surface area contributed by atoms with Gasteiger partial charge in [0, 0.05) is 36.7 Å². The van der Waals surface area contributed by atoms with E-state index in [1.54, 1.807) is 19.5 Å². The highest BCUT2D eigenvalue weighted by atomic mass is 32.1. The summed E-state index contributed by atoms with van der Waals surface area (Å²) in [5.41, 5.74) is 4.79. The van der Waals surface area contributed by atoms with E-state index in [1.165, 1.54) is 0 Å². The topological polar surface area (TPSA) is 84.3 Å². The molecule has 2 atom stereocenters. The van der Waals surface area contributed by atoms with Crippen LogP contribution in [0.2, 0.25) is 0 Å². The molecule has 0 spiro atoms. The average Bonchev–Trinajstić information content (AvgIpc) is 3.42. The average molecular weight is 527 g/mol. The maximum absolute atomic E-state index is 13.0. The molecular formula is C29H30N6O2S. The van der Waals surface area contributed by atoms with Crippen LogP contribution in [0.25, 0.3) is 5.82 Å². The second kappa shape index (κ2) is 11.0. The third kappa shape index (κ3) is 4.97. The molecule has 8 nitrogen and oxygen atoms in total. The zero-order chi connectivity index (χ0) is 26.6. The molecule has 1 amide bonds. The number of aryl methyl sites for hydroxylation is 1. The summed E-state index contributed by atoms with van der Waals surface area (Å²) in [6.45, 7) is 4.61. The van der Waals surface area contributed by atoms with Gasteiger partial charge in [0.15, 0.2) is 5.11 Å². The first-order valence-electron chi connectivity index (χ1n) is 12.5. The molecule has 1 saturated heterocycles. The lowest BCUT2D eigenvalue weighted by Gasteiger charge is -2.28. The number of nitrogens with one attached hydrogen (secondary N) is 2. The summed E-state index contributed by atoms with van der Waals surface area (Å²) in [6, 6.07) is 21.0. The Morgan fingerprint density at radius 2 is 1.79 bits per heavy atom. The maximum atomic E-state index is 13.0. The van der Waals surface area contributed by atoms with Crippen LogP contribution in [0.5, 0.6) is 5.75 Å². The van der Waals surface area contributed by atoms with Gasteiger partial charge in [0.25, 0.3) is 0 Å². The zero-order valence-corrected chi connectivity index (χ0v) is 22.4. The summed E-state index contributed by atoms with van der Waals surface area (Å²) in [5, 5.41) is 7.04. The SMILES string of the molecule is COc1ccccc1NC(=O)CCN1C(=S)N[C@@H](c2ccccn2)[C@@H]1c1cc(C)n(-c2ccccn2)c1C. The number of aromatic nitrogens is 3. The Hall–Kier alpha value is -4.24. The Balaban J connectivity index is 1.45. The van der Waals surface area contributed by atoms with E-state index < -0.39 is 0 Å². The molecular weight excluding hydrogens is 496 g/mol. The fraction of sp³-hybridized carbons (Fsp3) is 0.241. The van der Waals surface area contributed by atoms with Crippen molar-refractivity contribution in [1.29, 1.82) is 0 Å². The molecule has 1 aliphatic heterocycles. The molecule has 4 heterocycles. The van der Waals surface area contributed by atoms with E-state index in [-0.39, 0.29) is 24.4 Å². The highest BCUT2D eigenvalue weighted by Crippen LogP contribution is 2.41. The van der Waals surface area contributed by atoms with Crippen molar-refractivity contribution in [2.45, 2.75) is 32.4 Å².